The number of Topliss-reactive ketones (excluding diaryl/α,β-unsaturated/α-hetero) is 4. The van der Waals surface area contributed by atoms with Crippen LogP contribution in [0.2, 0.25) is 0 Å². The minimum Gasteiger partial charge on any atom is -0.507 e. The molecule has 37 heavy (non-hydrogen) atoms. The number of hydrogen-bond donors (Lipinski definition) is 4. The van der Waals surface area contributed by atoms with E-state index in [1.165, 1.54) is 11.8 Å². The fourth-order valence-electron chi connectivity index (χ4n) is 6.17. The number of rotatable bonds is 6. The minimum absolute atomic E-state index is 0.0308. The van der Waals surface area contributed by atoms with E-state index in [1.807, 2.05) is 12.3 Å². The van der Waals surface area contributed by atoms with E-state index in [0.717, 1.165) is 12.1 Å². The number of hydrogen-bond acceptors (Lipinski definition) is 9. The van der Waals surface area contributed by atoms with Gasteiger partial charge < -0.3 is 21.3 Å². The second-order valence-electron chi connectivity index (χ2n) is 11.7. The van der Waals surface area contributed by atoms with Crippen molar-refractivity contribution in [3.63, 3.8) is 0 Å². The smallest absolute Gasteiger partial charge is 0.235 e. The van der Waals surface area contributed by atoms with E-state index in [4.69, 9.17) is 5.73 Å². The van der Waals surface area contributed by atoms with Gasteiger partial charge in [0.1, 0.15) is 5.75 Å². The summed E-state index contributed by atoms with van der Waals surface area (Å²) in [7, 11) is 0. The maximum atomic E-state index is 13.8. The molecule has 3 aliphatic rings. The molecule has 1 aromatic carbocycles. The summed E-state index contributed by atoms with van der Waals surface area (Å²) < 4.78 is 0. The lowest BCUT2D eigenvalue weighted by Gasteiger charge is -2.48. The van der Waals surface area contributed by atoms with Gasteiger partial charge in [0.2, 0.25) is 5.91 Å². The van der Waals surface area contributed by atoms with Gasteiger partial charge in [0.25, 0.3) is 0 Å². The van der Waals surface area contributed by atoms with Crippen LogP contribution in [0.15, 0.2) is 6.07 Å². The van der Waals surface area contributed by atoms with Crippen molar-refractivity contribution in [1.29, 1.82) is 0 Å². The number of phenols is 1. The van der Waals surface area contributed by atoms with Crippen molar-refractivity contribution in [2.75, 3.05) is 12.8 Å². The second kappa shape index (κ2) is 9.63. The Balaban J connectivity index is 1.77. The zero-order valence-corrected chi connectivity index (χ0v) is 22.4. The Hall–Kier alpha value is -2.56. The van der Waals surface area contributed by atoms with Crippen molar-refractivity contribution in [2.45, 2.75) is 57.9 Å². The number of fused-ring (bicyclic) bond motifs is 3. The monoisotopic (exact) mass is 530 g/mol. The molecule has 10 heteroatoms. The predicted molar refractivity (Wildman–Crippen MR) is 137 cm³/mol. The predicted octanol–water partition coefficient (Wildman–Crippen LogP) is 1.33. The number of carbonyl (C=O) groups is 5. The van der Waals surface area contributed by atoms with Gasteiger partial charge in [0, 0.05) is 36.7 Å². The van der Waals surface area contributed by atoms with Crippen LogP contribution >= 0.6 is 11.8 Å². The molecule has 5 unspecified atom stereocenters. The lowest BCUT2D eigenvalue weighted by atomic mass is 9.53. The lowest BCUT2D eigenvalue weighted by Crippen LogP contribution is -2.68. The van der Waals surface area contributed by atoms with E-state index in [9.17, 15) is 34.2 Å². The molecule has 2 saturated carbocycles. The lowest BCUT2D eigenvalue weighted by molar-refractivity contribution is -0.175. The molecule has 3 aliphatic carbocycles. The number of nitrogens with one attached hydrogen (secondary N) is 1. The van der Waals surface area contributed by atoms with Gasteiger partial charge in [-0.15, -0.1) is 0 Å². The van der Waals surface area contributed by atoms with Crippen molar-refractivity contribution in [3.8, 4) is 5.75 Å². The molecule has 0 aromatic heterocycles. The average molecular weight is 531 g/mol. The number of benzene rings is 1. The van der Waals surface area contributed by atoms with Crippen molar-refractivity contribution in [1.82, 2.24) is 5.32 Å². The molecule has 1 aromatic rings. The van der Waals surface area contributed by atoms with Crippen LogP contribution in [0.25, 0.3) is 0 Å². The van der Waals surface area contributed by atoms with Crippen LogP contribution in [-0.2, 0) is 37.9 Å². The summed E-state index contributed by atoms with van der Waals surface area (Å²) >= 11 is 1.48. The molecular formula is C27H34N2O7S. The maximum absolute atomic E-state index is 13.8. The molecule has 5 N–H and O–H groups in total. The molecule has 0 heterocycles. The first kappa shape index (κ1) is 27.5. The minimum atomic E-state index is -2.63. The van der Waals surface area contributed by atoms with Gasteiger partial charge in [-0.25, -0.2) is 0 Å². The number of amides is 1. The molecule has 0 spiro atoms. The molecular weight excluding hydrogens is 496 g/mol. The molecule has 5 atom stereocenters. The van der Waals surface area contributed by atoms with Crippen LogP contribution in [0.5, 0.6) is 5.75 Å². The number of aromatic hydroxyl groups is 1. The van der Waals surface area contributed by atoms with Crippen LogP contribution in [0.4, 0.5) is 0 Å². The fraction of sp³-hybridized carbons (Fsp3) is 0.593. The Kier molecular flexibility index (Phi) is 7.15. The summed E-state index contributed by atoms with van der Waals surface area (Å²) in [6, 6.07) is 1.89. The number of carbonyl (C=O) groups excluding carboxylic acids is 5. The van der Waals surface area contributed by atoms with E-state index in [1.54, 1.807) is 0 Å². The first-order chi connectivity index (χ1) is 17.2. The van der Waals surface area contributed by atoms with Crippen LogP contribution in [0, 0.1) is 29.1 Å². The Morgan fingerprint density at radius 1 is 1.16 bits per heavy atom. The van der Waals surface area contributed by atoms with Gasteiger partial charge in [0.15, 0.2) is 34.7 Å². The van der Waals surface area contributed by atoms with Gasteiger partial charge in [-0.3, -0.25) is 24.0 Å². The number of phenolic OH excluding ortho intramolecular Hbond substituents is 1. The molecule has 0 bridgehead atoms. The highest BCUT2D eigenvalue weighted by Gasteiger charge is 2.66. The molecule has 0 aliphatic heterocycles. The van der Waals surface area contributed by atoms with Crippen LogP contribution in [-0.4, -0.2) is 57.7 Å². The van der Waals surface area contributed by atoms with Crippen molar-refractivity contribution < 1.29 is 34.2 Å². The fourth-order valence-corrected chi connectivity index (χ4v) is 6.70. The normalized spacial score (nSPS) is 29.5. The Bertz CT molecular complexity index is 1200. The second-order valence-corrected chi connectivity index (χ2v) is 12.6. The zero-order chi connectivity index (χ0) is 27.4. The summed E-state index contributed by atoms with van der Waals surface area (Å²) in [4.78, 5) is 64.9. The Labute approximate surface area is 219 Å². The first-order valence-electron chi connectivity index (χ1n) is 12.5. The molecule has 0 radical (unpaired) electrons. The summed E-state index contributed by atoms with van der Waals surface area (Å²) in [6.45, 7) is 7.49. The average Bonchev–Trinajstić information content (AvgIpc) is 2.78. The summed E-state index contributed by atoms with van der Waals surface area (Å²) in [6.07, 6.45) is 1.90. The van der Waals surface area contributed by atoms with Crippen molar-refractivity contribution in [3.05, 3.63) is 28.3 Å². The number of primary amides is 1. The number of thioether (sulfide) groups is 1. The number of nitrogens with two attached hydrogens (primary N) is 1. The van der Waals surface area contributed by atoms with Gasteiger partial charge in [0.05, 0.1) is 11.5 Å². The third-order valence-electron chi connectivity index (χ3n) is 7.84. The molecule has 0 saturated heterocycles. The van der Waals surface area contributed by atoms with Crippen LogP contribution < -0.4 is 11.1 Å². The third-order valence-corrected chi connectivity index (χ3v) is 8.44. The van der Waals surface area contributed by atoms with Gasteiger partial charge in [-0.05, 0) is 47.6 Å². The standard InChI is InChI=1S/C27H34N2O7S/c1-26(2,3)11-29-9-13-5-14(10-37-4)21(31)19-16(13)7-12-6-15-8-17(30)20(25(28)35)24(34)27(15,36)23(33)18(12)22(19)32/h5,12,15,18,20,29,31,36H,6-11H2,1-4H3,(H2,28,35). The van der Waals surface area contributed by atoms with E-state index in [-0.39, 0.29) is 36.0 Å². The molecule has 200 valence electrons. The van der Waals surface area contributed by atoms with E-state index < -0.39 is 58.3 Å². The van der Waals surface area contributed by atoms with Gasteiger partial charge in [-0.2, -0.15) is 11.8 Å². The van der Waals surface area contributed by atoms with Gasteiger partial charge >= 0.3 is 0 Å². The van der Waals surface area contributed by atoms with E-state index in [2.05, 4.69) is 26.1 Å². The van der Waals surface area contributed by atoms with E-state index >= 15 is 0 Å². The highest BCUT2D eigenvalue weighted by Crippen LogP contribution is 2.50. The number of ketones is 4. The topological polar surface area (TPSA) is 164 Å². The molecule has 9 nitrogen and oxygen atoms in total. The molecule has 2 fully saturated rings. The summed E-state index contributed by atoms with van der Waals surface area (Å²) in [5.41, 5.74) is 4.76. The highest BCUT2D eigenvalue weighted by molar-refractivity contribution is 7.97. The Morgan fingerprint density at radius 2 is 1.84 bits per heavy atom. The zero-order valence-electron chi connectivity index (χ0n) is 21.6. The Morgan fingerprint density at radius 3 is 2.43 bits per heavy atom. The quantitative estimate of drug-likeness (QED) is 0.397. The molecule has 1 amide bonds. The maximum Gasteiger partial charge on any atom is 0.235 e. The SMILES string of the molecule is CSCc1cc(CNCC(C)(C)C)c2c(c1O)C(=O)C1C(=O)C3(O)C(=O)C(C(N)=O)C(=O)CC3CC1C2. The van der Waals surface area contributed by atoms with Crippen LogP contribution in [0.1, 0.15) is 60.7 Å². The van der Waals surface area contributed by atoms with Crippen LogP contribution in [0.3, 0.4) is 0 Å². The first-order valence-corrected chi connectivity index (χ1v) is 13.8. The van der Waals surface area contributed by atoms with Crippen molar-refractivity contribution in [2.24, 2.45) is 34.8 Å². The largest absolute Gasteiger partial charge is 0.507 e. The van der Waals surface area contributed by atoms with E-state index in [0.29, 0.717) is 23.4 Å². The number of aliphatic hydroxyl groups is 1. The third kappa shape index (κ3) is 4.53. The highest BCUT2D eigenvalue weighted by atomic mass is 32.2. The summed E-state index contributed by atoms with van der Waals surface area (Å²) in [5, 5.41) is 25.8. The van der Waals surface area contributed by atoms with Crippen molar-refractivity contribution >= 4 is 40.8 Å². The molecule has 4 rings (SSSR count). The van der Waals surface area contributed by atoms with Gasteiger partial charge in [-0.1, -0.05) is 20.8 Å². The summed E-state index contributed by atoms with van der Waals surface area (Å²) in [5.74, 6) is -9.39.